The molecule has 5 heteroatoms. The van der Waals surface area contributed by atoms with Crippen molar-refractivity contribution in [1.82, 2.24) is 0 Å². The van der Waals surface area contributed by atoms with E-state index < -0.39 is 17.7 Å². The van der Waals surface area contributed by atoms with E-state index in [0.29, 0.717) is 12.2 Å². The van der Waals surface area contributed by atoms with Crippen LogP contribution < -0.4 is 4.90 Å². The van der Waals surface area contributed by atoms with E-state index in [2.05, 4.69) is 17.1 Å². The molecule has 0 spiro atoms. The molecule has 5 nitrogen and oxygen atoms in total. The molecule has 2 bridgehead atoms. The van der Waals surface area contributed by atoms with E-state index in [4.69, 9.17) is 9.47 Å². The summed E-state index contributed by atoms with van der Waals surface area (Å²) in [6, 6.07) is 16.7. The third kappa shape index (κ3) is 2.12. The Labute approximate surface area is 168 Å². The smallest absolute Gasteiger partial charge is 0.218 e. The third-order valence-corrected chi connectivity index (χ3v) is 7.11. The topological polar surface area (TPSA) is 55.8 Å². The molecule has 146 valence electrons. The van der Waals surface area contributed by atoms with Gasteiger partial charge in [0.2, 0.25) is 6.29 Å². The Morgan fingerprint density at radius 3 is 2.69 bits per heavy atom. The SMILES string of the molecule is C[C@@]12[C@H](C(=O)[C@H]3OC[C@H]1O3)[C@@H]1C=Cc3ccccc3N1[C@@H]2C(=O)c1ccccc1. The Morgan fingerprint density at radius 1 is 1.10 bits per heavy atom. The molecule has 6 rings (SSSR count). The van der Waals surface area contributed by atoms with Gasteiger partial charge in [-0.15, -0.1) is 0 Å². The van der Waals surface area contributed by atoms with Crippen molar-refractivity contribution in [2.45, 2.75) is 31.4 Å². The molecule has 0 saturated carbocycles. The van der Waals surface area contributed by atoms with E-state index in [0.717, 1.165) is 11.3 Å². The number of nitrogens with zero attached hydrogens (tertiary/aromatic N) is 1. The van der Waals surface area contributed by atoms with E-state index in [1.165, 1.54) is 0 Å². The lowest BCUT2D eigenvalue weighted by Gasteiger charge is -2.42. The Hall–Kier alpha value is -2.76. The largest absolute Gasteiger partial charge is 0.353 e. The van der Waals surface area contributed by atoms with Crippen molar-refractivity contribution in [3.8, 4) is 0 Å². The first kappa shape index (κ1) is 17.1. The monoisotopic (exact) mass is 387 g/mol. The van der Waals surface area contributed by atoms with E-state index >= 15 is 0 Å². The maximum Gasteiger partial charge on any atom is 0.218 e. The first-order valence-electron chi connectivity index (χ1n) is 10.1. The van der Waals surface area contributed by atoms with Crippen molar-refractivity contribution >= 4 is 23.3 Å². The number of carbonyl (C=O) groups excluding carboxylic acids is 2. The minimum Gasteiger partial charge on any atom is -0.353 e. The van der Waals surface area contributed by atoms with Crippen molar-refractivity contribution in [1.29, 1.82) is 0 Å². The second-order valence-electron chi connectivity index (χ2n) is 8.48. The summed E-state index contributed by atoms with van der Waals surface area (Å²) in [4.78, 5) is 29.4. The summed E-state index contributed by atoms with van der Waals surface area (Å²) in [6.45, 7) is 2.37. The summed E-state index contributed by atoms with van der Waals surface area (Å²) in [7, 11) is 0. The van der Waals surface area contributed by atoms with Crippen molar-refractivity contribution < 1.29 is 19.1 Å². The van der Waals surface area contributed by atoms with Gasteiger partial charge in [-0.25, -0.2) is 0 Å². The number of hydrogen-bond donors (Lipinski definition) is 0. The van der Waals surface area contributed by atoms with Crippen molar-refractivity contribution in [3.63, 3.8) is 0 Å². The second-order valence-corrected chi connectivity index (χ2v) is 8.48. The molecule has 29 heavy (non-hydrogen) atoms. The van der Waals surface area contributed by atoms with Crippen LogP contribution in [-0.2, 0) is 14.3 Å². The molecule has 2 aromatic carbocycles. The zero-order chi connectivity index (χ0) is 19.8. The lowest BCUT2D eigenvalue weighted by atomic mass is 9.65. The predicted octanol–water partition coefficient (Wildman–Crippen LogP) is 3.10. The lowest BCUT2D eigenvalue weighted by molar-refractivity contribution is -0.173. The number of ketones is 2. The van der Waals surface area contributed by atoms with Gasteiger partial charge in [-0.3, -0.25) is 9.59 Å². The standard InChI is InChI=1S/C24H21NO4/c1-24-18-13-28-23(29-18)21(27)19(24)17-12-11-14-7-5-6-10-16(14)25(17)22(24)20(26)15-8-3-2-4-9-15/h2-12,17-19,22-23H,13H2,1H3/t17-,18+,19-,22+,23-,24-/m0/s1. The minimum atomic E-state index is -0.809. The summed E-state index contributed by atoms with van der Waals surface area (Å²) < 4.78 is 11.6. The lowest BCUT2D eigenvalue weighted by Crippen LogP contribution is -2.56. The molecule has 4 aliphatic heterocycles. The molecule has 0 radical (unpaired) electrons. The van der Waals surface area contributed by atoms with Gasteiger partial charge in [-0.05, 0) is 11.6 Å². The molecule has 0 aliphatic carbocycles. The second kappa shape index (κ2) is 5.88. The van der Waals surface area contributed by atoms with Crippen LogP contribution in [0.3, 0.4) is 0 Å². The molecule has 3 saturated heterocycles. The summed E-state index contributed by atoms with van der Waals surface area (Å²) in [5.41, 5.74) is 2.03. The zero-order valence-electron chi connectivity index (χ0n) is 16.0. The van der Waals surface area contributed by atoms with Gasteiger partial charge in [0, 0.05) is 16.7 Å². The molecule has 6 atom stereocenters. The van der Waals surface area contributed by atoms with Gasteiger partial charge in [0.05, 0.1) is 24.7 Å². The van der Waals surface area contributed by atoms with Gasteiger partial charge in [-0.2, -0.15) is 0 Å². The van der Waals surface area contributed by atoms with Crippen LogP contribution in [-0.4, -0.2) is 42.7 Å². The number of para-hydroxylation sites is 1. The Morgan fingerprint density at radius 2 is 1.86 bits per heavy atom. The zero-order valence-corrected chi connectivity index (χ0v) is 16.0. The number of carbonyl (C=O) groups is 2. The van der Waals surface area contributed by atoms with E-state index in [-0.39, 0.29) is 29.6 Å². The first-order valence-corrected chi connectivity index (χ1v) is 10.1. The molecule has 4 heterocycles. The van der Waals surface area contributed by atoms with Gasteiger partial charge >= 0.3 is 0 Å². The summed E-state index contributed by atoms with van der Waals surface area (Å²) in [5, 5.41) is 0. The Kier molecular flexibility index (Phi) is 3.47. The quantitative estimate of drug-likeness (QED) is 0.742. The number of rotatable bonds is 2. The highest BCUT2D eigenvalue weighted by Gasteiger charge is 2.70. The van der Waals surface area contributed by atoms with Crippen LogP contribution in [0.25, 0.3) is 6.08 Å². The normalized spacial score (nSPS) is 36.5. The first-order chi connectivity index (χ1) is 14.1. The summed E-state index contributed by atoms with van der Waals surface area (Å²) in [6.07, 6.45) is 3.04. The van der Waals surface area contributed by atoms with E-state index in [1.54, 1.807) is 0 Å². The van der Waals surface area contributed by atoms with E-state index in [9.17, 15) is 9.59 Å². The summed E-state index contributed by atoms with van der Waals surface area (Å²) >= 11 is 0. The minimum absolute atomic E-state index is 0.0208. The van der Waals surface area contributed by atoms with Crippen LogP contribution in [0.2, 0.25) is 0 Å². The van der Waals surface area contributed by atoms with Crippen molar-refractivity contribution in [3.05, 3.63) is 71.8 Å². The molecule has 0 unspecified atom stereocenters. The molecule has 3 fully saturated rings. The molecule has 0 aromatic heterocycles. The number of ether oxygens (including phenoxy) is 2. The fraction of sp³-hybridized carbons (Fsp3) is 0.333. The fourth-order valence-corrected chi connectivity index (χ4v) is 5.78. The highest BCUT2D eigenvalue weighted by atomic mass is 16.7. The Balaban J connectivity index is 1.58. The fourth-order valence-electron chi connectivity index (χ4n) is 5.78. The predicted molar refractivity (Wildman–Crippen MR) is 108 cm³/mol. The number of hydrogen-bond acceptors (Lipinski definition) is 5. The van der Waals surface area contributed by atoms with Crippen molar-refractivity contribution in [2.75, 3.05) is 11.5 Å². The molecule has 4 aliphatic rings. The van der Waals surface area contributed by atoms with Crippen molar-refractivity contribution in [2.24, 2.45) is 11.3 Å². The van der Waals surface area contributed by atoms with Crippen LogP contribution >= 0.6 is 0 Å². The van der Waals surface area contributed by atoms with Crippen LogP contribution in [0.15, 0.2) is 60.7 Å². The maximum atomic E-state index is 13.9. The highest BCUT2D eigenvalue weighted by molar-refractivity contribution is 6.06. The third-order valence-electron chi connectivity index (χ3n) is 7.11. The number of anilines is 1. The molecular formula is C24H21NO4. The molecule has 0 N–H and O–H groups in total. The van der Waals surface area contributed by atoms with Gasteiger partial charge in [0.15, 0.2) is 11.6 Å². The van der Waals surface area contributed by atoms with Gasteiger partial charge in [0.1, 0.15) is 6.04 Å². The average Bonchev–Trinajstić information content (AvgIpc) is 3.33. The van der Waals surface area contributed by atoms with E-state index in [1.807, 2.05) is 61.5 Å². The van der Waals surface area contributed by atoms with Crippen LogP contribution in [0.1, 0.15) is 22.8 Å². The van der Waals surface area contributed by atoms with Gasteiger partial charge in [0.25, 0.3) is 0 Å². The highest BCUT2D eigenvalue weighted by Crippen LogP contribution is 2.58. The molecule has 2 aromatic rings. The number of benzene rings is 2. The Bertz CT molecular complexity index is 1050. The van der Waals surface area contributed by atoms with Crippen LogP contribution in [0.4, 0.5) is 5.69 Å². The molecule has 0 amide bonds. The van der Waals surface area contributed by atoms with Crippen LogP contribution in [0.5, 0.6) is 0 Å². The maximum absolute atomic E-state index is 13.9. The number of fused-ring (bicyclic) bond motifs is 8. The van der Waals surface area contributed by atoms with Gasteiger partial charge in [-0.1, -0.05) is 67.6 Å². The van der Waals surface area contributed by atoms with Gasteiger partial charge < -0.3 is 14.4 Å². The average molecular weight is 387 g/mol. The number of Topliss-reactive ketones (excluding diaryl/α,β-unsaturated/α-hetero) is 2. The summed E-state index contributed by atoms with van der Waals surface area (Å²) in [5.74, 6) is -0.382. The van der Waals surface area contributed by atoms with Crippen LogP contribution in [0, 0.1) is 11.3 Å². The molecular weight excluding hydrogens is 366 g/mol.